The van der Waals surface area contributed by atoms with Gasteiger partial charge < -0.3 is 5.32 Å². The molecule has 1 aromatic rings. The molecule has 78 valence electrons. The van der Waals surface area contributed by atoms with Crippen LogP contribution in [0.3, 0.4) is 0 Å². The molecule has 15 heavy (non-hydrogen) atoms. The lowest BCUT2D eigenvalue weighted by Gasteiger charge is -2.14. The molecule has 2 rings (SSSR count). The molecule has 0 saturated carbocycles. The van der Waals surface area contributed by atoms with Crippen LogP contribution in [-0.4, -0.2) is 6.54 Å². The molecule has 1 heterocycles. The summed E-state index contributed by atoms with van der Waals surface area (Å²) in [5.74, 6) is 0. The van der Waals surface area contributed by atoms with E-state index in [0.29, 0.717) is 0 Å². The second kappa shape index (κ2) is 4.35. The zero-order chi connectivity index (χ0) is 10.7. The van der Waals surface area contributed by atoms with E-state index >= 15 is 0 Å². The van der Waals surface area contributed by atoms with Gasteiger partial charge in [-0.3, -0.25) is 0 Å². The second-order valence-corrected chi connectivity index (χ2v) is 3.75. The first-order chi connectivity index (χ1) is 7.35. The van der Waals surface area contributed by atoms with Gasteiger partial charge in [0, 0.05) is 12.2 Å². The van der Waals surface area contributed by atoms with E-state index in [1.165, 1.54) is 22.4 Å². The zero-order valence-electron chi connectivity index (χ0n) is 9.38. The lowest BCUT2D eigenvalue weighted by Crippen LogP contribution is -2.04. The molecule has 1 aromatic carbocycles. The maximum absolute atomic E-state index is 3.36. The number of allylic oxidation sites excluding steroid dienone is 2. The van der Waals surface area contributed by atoms with Crippen molar-refractivity contribution in [3.05, 3.63) is 41.5 Å². The average molecular weight is 199 g/mol. The Kier molecular flexibility index (Phi) is 2.91. The van der Waals surface area contributed by atoms with Gasteiger partial charge in [0.2, 0.25) is 0 Å². The van der Waals surface area contributed by atoms with Crippen molar-refractivity contribution in [2.45, 2.75) is 20.3 Å². The number of nitrogens with one attached hydrogen (secondary N) is 1. The molecule has 0 aromatic heterocycles. The van der Waals surface area contributed by atoms with Gasteiger partial charge in [0.15, 0.2) is 0 Å². The summed E-state index contributed by atoms with van der Waals surface area (Å²) in [5.41, 5.74) is 5.29. The Bertz CT molecular complexity index is 413. The number of fused-ring (bicyclic) bond motifs is 1. The molecule has 1 nitrogen and oxygen atoms in total. The lowest BCUT2D eigenvalue weighted by molar-refractivity contribution is 1.23. The normalized spacial score (nSPS) is 14.7. The quantitative estimate of drug-likeness (QED) is 0.760. The minimum atomic E-state index is 0.941. The highest BCUT2D eigenvalue weighted by Crippen LogP contribution is 2.26. The Hall–Kier alpha value is -1.50. The van der Waals surface area contributed by atoms with Gasteiger partial charge >= 0.3 is 0 Å². The molecule has 1 N–H and O–H groups in total. The minimum absolute atomic E-state index is 0.941. The molecule has 0 bridgehead atoms. The van der Waals surface area contributed by atoms with Crippen LogP contribution < -0.4 is 5.32 Å². The van der Waals surface area contributed by atoms with E-state index in [9.17, 15) is 0 Å². The maximum Gasteiger partial charge on any atom is 0.0416 e. The molecule has 0 aliphatic carbocycles. The fraction of sp³-hybridized carbons (Fsp3) is 0.286. The molecular weight excluding hydrogens is 182 g/mol. The fourth-order valence-corrected chi connectivity index (χ4v) is 1.99. The standard InChI is InChI=1S/C14H17N/c1-3-11(4-2)12-7-8-14-13(10-12)6-5-9-15-14/h3,5-8,10,15H,4,9H2,1-2H3/b11-3+. The van der Waals surface area contributed by atoms with Gasteiger partial charge in [0.05, 0.1) is 0 Å². The predicted octanol–water partition coefficient (Wildman–Crippen LogP) is 3.94. The van der Waals surface area contributed by atoms with Gasteiger partial charge in [0.25, 0.3) is 0 Å². The van der Waals surface area contributed by atoms with Crippen molar-refractivity contribution in [2.75, 3.05) is 11.9 Å². The highest BCUT2D eigenvalue weighted by molar-refractivity contribution is 5.76. The van der Waals surface area contributed by atoms with Crippen molar-refractivity contribution in [2.24, 2.45) is 0 Å². The fourth-order valence-electron chi connectivity index (χ4n) is 1.99. The summed E-state index contributed by atoms with van der Waals surface area (Å²) in [4.78, 5) is 0. The molecule has 0 fully saturated rings. The Morgan fingerprint density at radius 2 is 2.33 bits per heavy atom. The number of hydrogen-bond acceptors (Lipinski definition) is 1. The maximum atomic E-state index is 3.36. The summed E-state index contributed by atoms with van der Waals surface area (Å²) in [6.07, 6.45) is 7.64. The summed E-state index contributed by atoms with van der Waals surface area (Å²) in [7, 11) is 0. The van der Waals surface area contributed by atoms with Gasteiger partial charge in [-0.05, 0) is 42.2 Å². The molecule has 1 heteroatoms. The molecule has 0 radical (unpaired) electrons. The largest absolute Gasteiger partial charge is 0.381 e. The summed E-state index contributed by atoms with van der Waals surface area (Å²) >= 11 is 0. The summed E-state index contributed by atoms with van der Waals surface area (Å²) < 4.78 is 0. The van der Waals surface area contributed by atoms with Crippen molar-refractivity contribution >= 4 is 17.3 Å². The Morgan fingerprint density at radius 3 is 3.07 bits per heavy atom. The first kappa shape index (κ1) is 10.0. The lowest BCUT2D eigenvalue weighted by atomic mass is 9.99. The van der Waals surface area contributed by atoms with E-state index < -0.39 is 0 Å². The van der Waals surface area contributed by atoms with E-state index in [0.717, 1.165) is 13.0 Å². The highest BCUT2D eigenvalue weighted by atomic mass is 14.9. The third kappa shape index (κ3) is 1.96. The molecule has 0 amide bonds. The van der Waals surface area contributed by atoms with Gasteiger partial charge in [-0.25, -0.2) is 0 Å². The second-order valence-electron chi connectivity index (χ2n) is 3.75. The minimum Gasteiger partial charge on any atom is -0.381 e. The van der Waals surface area contributed by atoms with Crippen molar-refractivity contribution in [1.82, 2.24) is 0 Å². The van der Waals surface area contributed by atoms with Gasteiger partial charge in [0.1, 0.15) is 0 Å². The number of hydrogen-bond donors (Lipinski definition) is 1. The van der Waals surface area contributed by atoms with Crippen LogP contribution in [0.25, 0.3) is 11.6 Å². The number of benzene rings is 1. The van der Waals surface area contributed by atoms with Crippen LogP contribution in [0, 0.1) is 0 Å². The van der Waals surface area contributed by atoms with Crippen molar-refractivity contribution in [3.63, 3.8) is 0 Å². The third-order valence-electron chi connectivity index (χ3n) is 2.86. The summed E-state index contributed by atoms with van der Waals surface area (Å²) in [5, 5.41) is 3.36. The van der Waals surface area contributed by atoms with Crippen LogP contribution >= 0.6 is 0 Å². The van der Waals surface area contributed by atoms with Crippen LogP contribution in [0.1, 0.15) is 31.4 Å². The molecule has 0 saturated heterocycles. The average Bonchev–Trinajstić information content (AvgIpc) is 2.30. The van der Waals surface area contributed by atoms with Crippen molar-refractivity contribution < 1.29 is 0 Å². The highest BCUT2D eigenvalue weighted by Gasteiger charge is 2.05. The van der Waals surface area contributed by atoms with Crippen LogP contribution in [0.5, 0.6) is 0 Å². The predicted molar refractivity (Wildman–Crippen MR) is 67.9 cm³/mol. The zero-order valence-corrected chi connectivity index (χ0v) is 9.38. The molecule has 1 aliphatic heterocycles. The van der Waals surface area contributed by atoms with Gasteiger partial charge in [-0.2, -0.15) is 0 Å². The number of rotatable bonds is 2. The first-order valence-electron chi connectivity index (χ1n) is 5.55. The summed E-state index contributed by atoms with van der Waals surface area (Å²) in [6, 6.07) is 6.63. The Balaban J connectivity index is 2.41. The third-order valence-corrected chi connectivity index (χ3v) is 2.86. The summed E-state index contributed by atoms with van der Waals surface area (Å²) in [6.45, 7) is 5.24. The SMILES string of the molecule is C/C=C(\CC)c1ccc2c(c1)C=CCN2. The monoisotopic (exact) mass is 199 g/mol. The van der Waals surface area contributed by atoms with Crippen molar-refractivity contribution in [1.29, 1.82) is 0 Å². The topological polar surface area (TPSA) is 12.0 Å². The van der Waals surface area contributed by atoms with E-state index in [1.807, 2.05) is 0 Å². The van der Waals surface area contributed by atoms with E-state index in [-0.39, 0.29) is 0 Å². The van der Waals surface area contributed by atoms with Gasteiger partial charge in [-0.15, -0.1) is 0 Å². The molecular formula is C14H17N. The Labute approximate surface area is 91.5 Å². The molecule has 1 aliphatic rings. The van der Waals surface area contributed by atoms with E-state index in [1.54, 1.807) is 0 Å². The van der Waals surface area contributed by atoms with E-state index in [4.69, 9.17) is 0 Å². The van der Waals surface area contributed by atoms with Crippen LogP contribution in [0.2, 0.25) is 0 Å². The van der Waals surface area contributed by atoms with Crippen LogP contribution in [-0.2, 0) is 0 Å². The van der Waals surface area contributed by atoms with Crippen LogP contribution in [0.4, 0.5) is 5.69 Å². The Morgan fingerprint density at radius 1 is 1.47 bits per heavy atom. The van der Waals surface area contributed by atoms with Gasteiger partial charge in [-0.1, -0.05) is 31.2 Å². The van der Waals surface area contributed by atoms with Crippen molar-refractivity contribution in [3.8, 4) is 0 Å². The molecule has 0 atom stereocenters. The molecule has 0 spiro atoms. The smallest absolute Gasteiger partial charge is 0.0416 e. The van der Waals surface area contributed by atoms with Crippen LogP contribution in [0.15, 0.2) is 30.4 Å². The first-order valence-corrected chi connectivity index (χ1v) is 5.55. The van der Waals surface area contributed by atoms with E-state index in [2.05, 4.69) is 55.6 Å². The number of anilines is 1. The molecule has 0 unspecified atom stereocenters.